The third-order valence-electron chi connectivity index (χ3n) is 3.19. The molecule has 2 unspecified atom stereocenters. The summed E-state index contributed by atoms with van der Waals surface area (Å²) in [5, 5.41) is 0. The van der Waals surface area contributed by atoms with Crippen molar-refractivity contribution in [3.05, 3.63) is 60.7 Å². The fourth-order valence-corrected chi connectivity index (χ4v) is 7.15. The zero-order valence-corrected chi connectivity index (χ0v) is 16.5. The fraction of sp³-hybridized carbons (Fsp3) is 0.294. The van der Waals surface area contributed by atoms with E-state index < -0.39 is 9.83 Å². The predicted molar refractivity (Wildman–Crippen MR) is 108 cm³/mol. The predicted octanol–water partition coefficient (Wildman–Crippen LogP) is 4.81. The van der Waals surface area contributed by atoms with Crippen molar-refractivity contribution in [2.24, 2.45) is 0 Å². The highest BCUT2D eigenvalue weighted by atomic mass is 33.1. The second-order valence-corrected chi connectivity index (χ2v) is 10.7. The summed E-state index contributed by atoms with van der Waals surface area (Å²) >= 11 is 0. The summed E-state index contributed by atoms with van der Waals surface area (Å²) in [4.78, 5) is 4.38. The zero-order chi connectivity index (χ0) is 16.5. The molecule has 0 aliphatic rings. The van der Waals surface area contributed by atoms with E-state index in [4.69, 9.17) is 0 Å². The highest BCUT2D eigenvalue weighted by Gasteiger charge is 2.15. The summed E-state index contributed by atoms with van der Waals surface area (Å²) in [6.07, 6.45) is 0. The topological polar surface area (TPSA) is 20.3 Å². The van der Waals surface area contributed by atoms with Gasteiger partial charge in [0, 0.05) is 27.3 Å². The lowest BCUT2D eigenvalue weighted by Gasteiger charge is -2.23. The summed E-state index contributed by atoms with van der Waals surface area (Å²) in [7, 11) is 8.36. The van der Waals surface area contributed by atoms with Gasteiger partial charge in [0.15, 0.2) is 0 Å². The van der Waals surface area contributed by atoms with Gasteiger partial charge in [-0.3, -0.25) is 0 Å². The maximum atomic E-state index is 12.3. The van der Waals surface area contributed by atoms with E-state index in [1.54, 1.807) is 10.8 Å². The molecule has 2 rings (SSSR count). The van der Waals surface area contributed by atoms with Crippen molar-refractivity contribution in [3.8, 4) is 0 Å². The van der Waals surface area contributed by atoms with Crippen LogP contribution in [0.1, 0.15) is 0 Å². The van der Waals surface area contributed by atoms with Crippen LogP contribution in [0.15, 0.2) is 70.5 Å². The second kappa shape index (κ2) is 10.5. The maximum Gasteiger partial charge on any atom is 0.113 e. The van der Waals surface area contributed by atoms with Crippen LogP contribution < -0.4 is 0 Å². The molecule has 0 spiro atoms. The van der Waals surface area contributed by atoms with E-state index in [1.807, 2.05) is 47.2 Å². The fourth-order valence-electron chi connectivity index (χ4n) is 1.74. The Labute approximate surface area is 153 Å². The first-order valence-electron chi connectivity index (χ1n) is 7.28. The Morgan fingerprint density at radius 1 is 0.957 bits per heavy atom. The van der Waals surface area contributed by atoms with Crippen LogP contribution in [-0.2, 0) is 9.83 Å². The second-order valence-electron chi connectivity index (χ2n) is 5.13. The molecule has 0 saturated carbocycles. The lowest BCUT2D eigenvalue weighted by Crippen LogP contribution is -2.32. The minimum absolute atomic E-state index is 0.397. The molecule has 0 amide bonds. The molecule has 0 radical (unpaired) electrons. The molecule has 0 fully saturated rings. The van der Waals surface area contributed by atoms with Crippen molar-refractivity contribution in [2.75, 3.05) is 25.6 Å². The first-order valence-corrected chi connectivity index (χ1v) is 12.2. The Morgan fingerprint density at radius 2 is 1.57 bits per heavy atom. The van der Waals surface area contributed by atoms with Gasteiger partial charge in [-0.1, -0.05) is 68.8 Å². The van der Waals surface area contributed by atoms with Crippen molar-refractivity contribution in [2.45, 2.75) is 15.8 Å². The molecule has 0 bridgehead atoms. The van der Waals surface area contributed by atoms with Crippen molar-refractivity contribution >= 4 is 42.2 Å². The van der Waals surface area contributed by atoms with Crippen LogP contribution in [0.5, 0.6) is 0 Å². The van der Waals surface area contributed by atoms with Gasteiger partial charge >= 0.3 is 0 Å². The van der Waals surface area contributed by atoms with E-state index in [2.05, 4.69) is 43.3 Å². The zero-order valence-electron chi connectivity index (χ0n) is 13.3. The molecule has 0 aromatic heterocycles. The largest absolute Gasteiger partial charge is 0.305 e. The van der Waals surface area contributed by atoms with Crippen molar-refractivity contribution in [1.82, 2.24) is 4.90 Å². The van der Waals surface area contributed by atoms with E-state index in [0.29, 0.717) is 6.04 Å². The average molecular weight is 384 g/mol. The molecule has 6 heteroatoms. The van der Waals surface area contributed by atoms with Crippen LogP contribution >= 0.6 is 32.4 Å². The number of nitrogens with zero attached hydrogens (tertiary/aromatic N) is 1. The Morgan fingerprint density at radius 3 is 2.17 bits per heavy atom. The van der Waals surface area contributed by atoms with Gasteiger partial charge in [-0.15, -0.1) is 0 Å². The molecule has 2 nitrogen and oxygen atoms in total. The molecule has 0 aliphatic heterocycles. The molecular weight excluding hydrogens is 362 g/mol. The van der Waals surface area contributed by atoms with Crippen LogP contribution in [0.25, 0.3) is 0 Å². The Bertz CT molecular complexity index is 592. The molecule has 2 aromatic rings. The molecule has 2 atom stereocenters. The van der Waals surface area contributed by atoms with Crippen LogP contribution in [-0.4, -0.2) is 40.8 Å². The van der Waals surface area contributed by atoms with E-state index in [1.165, 1.54) is 15.7 Å². The highest BCUT2D eigenvalue weighted by molar-refractivity contribution is 8.76. The van der Waals surface area contributed by atoms with Gasteiger partial charge in [0.05, 0.1) is 0 Å². The minimum Gasteiger partial charge on any atom is -0.305 e. The van der Waals surface area contributed by atoms with E-state index >= 15 is 0 Å². The van der Waals surface area contributed by atoms with Crippen LogP contribution in [0.4, 0.5) is 0 Å². The molecule has 0 heterocycles. The van der Waals surface area contributed by atoms with Crippen molar-refractivity contribution in [3.63, 3.8) is 0 Å². The Hall–Kier alpha value is -0.400. The Kier molecular flexibility index (Phi) is 8.61. The van der Waals surface area contributed by atoms with Crippen LogP contribution in [0.2, 0.25) is 0 Å². The van der Waals surface area contributed by atoms with Crippen molar-refractivity contribution in [1.29, 1.82) is 0 Å². The molecular formula is C17H21NOS4. The van der Waals surface area contributed by atoms with E-state index in [-0.39, 0.29) is 0 Å². The molecule has 0 N–H and O–H groups in total. The summed E-state index contributed by atoms with van der Waals surface area (Å²) < 4.78 is 12.3. The standard InChI is InChI=1S/C17H21NOS4/c1-18(2)15(13-20-22-16-9-5-3-6-10-16)14-21-23(19)17-11-7-4-8-12-17/h3-12,15H,13-14H2,1-2H3. The summed E-state index contributed by atoms with van der Waals surface area (Å²) in [6.45, 7) is 0. The molecule has 0 aliphatic carbocycles. The number of benzene rings is 2. The summed E-state index contributed by atoms with van der Waals surface area (Å²) in [5.74, 6) is 1.86. The third-order valence-corrected chi connectivity index (χ3v) is 8.65. The molecule has 0 saturated heterocycles. The average Bonchev–Trinajstić information content (AvgIpc) is 2.59. The van der Waals surface area contributed by atoms with E-state index in [9.17, 15) is 4.21 Å². The lowest BCUT2D eigenvalue weighted by molar-refractivity contribution is 0.345. The van der Waals surface area contributed by atoms with Gasteiger partial charge in [0.1, 0.15) is 9.83 Å². The van der Waals surface area contributed by atoms with Gasteiger partial charge in [0.2, 0.25) is 0 Å². The summed E-state index contributed by atoms with van der Waals surface area (Å²) in [5.41, 5.74) is 0. The number of hydrogen-bond donors (Lipinski definition) is 0. The van der Waals surface area contributed by atoms with Crippen molar-refractivity contribution < 1.29 is 4.21 Å². The van der Waals surface area contributed by atoms with Gasteiger partial charge in [-0.2, -0.15) is 0 Å². The van der Waals surface area contributed by atoms with Crippen LogP contribution in [0.3, 0.4) is 0 Å². The lowest BCUT2D eigenvalue weighted by atomic mass is 10.4. The number of rotatable bonds is 9. The summed E-state index contributed by atoms with van der Waals surface area (Å²) in [6, 6.07) is 20.5. The highest BCUT2D eigenvalue weighted by Crippen LogP contribution is 2.32. The van der Waals surface area contributed by atoms with Gasteiger partial charge in [-0.25, -0.2) is 4.21 Å². The molecule has 124 valence electrons. The first kappa shape index (κ1) is 18.9. The van der Waals surface area contributed by atoms with E-state index in [0.717, 1.165) is 16.4 Å². The maximum absolute atomic E-state index is 12.3. The monoisotopic (exact) mass is 383 g/mol. The molecule has 2 aromatic carbocycles. The van der Waals surface area contributed by atoms with Gasteiger partial charge in [0.25, 0.3) is 0 Å². The normalized spacial score (nSPS) is 13.9. The minimum atomic E-state index is -0.988. The quantitative estimate of drug-likeness (QED) is 0.577. The van der Waals surface area contributed by atoms with Gasteiger partial charge in [-0.05, 0) is 38.4 Å². The third kappa shape index (κ3) is 6.93. The van der Waals surface area contributed by atoms with Gasteiger partial charge < -0.3 is 4.90 Å². The first-order chi connectivity index (χ1) is 11.2. The SMILES string of the molecule is CN(C)C(CSSc1ccccc1)CSS(=O)c1ccccc1. The smallest absolute Gasteiger partial charge is 0.113 e. The Balaban J connectivity index is 1.78. The molecule has 23 heavy (non-hydrogen) atoms. The number of hydrogen-bond acceptors (Lipinski definition) is 5. The van der Waals surface area contributed by atoms with Crippen LogP contribution in [0, 0.1) is 0 Å².